The van der Waals surface area contributed by atoms with E-state index in [0.717, 1.165) is 36.8 Å². The van der Waals surface area contributed by atoms with Crippen molar-refractivity contribution >= 4 is 27.5 Å². The molecule has 0 bridgehead atoms. The van der Waals surface area contributed by atoms with Crippen LogP contribution in [0.5, 0.6) is 0 Å². The number of hydrogen-bond acceptors (Lipinski definition) is 4. The number of hydrogen-bond donors (Lipinski definition) is 1. The van der Waals surface area contributed by atoms with Gasteiger partial charge >= 0.3 is 0 Å². The molecule has 0 heterocycles. The summed E-state index contributed by atoms with van der Waals surface area (Å²) in [6, 6.07) is 24.5. The summed E-state index contributed by atoms with van der Waals surface area (Å²) in [4.78, 5) is 29.0. The van der Waals surface area contributed by atoms with Gasteiger partial charge in [-0.25, -0.2) is 8.42 Å². The second-order valence-corrected chi connectivity index (χ2v) is 12.2. The molecule has 0 aromatic heterocycles. The molecule has 7 nitrogen and oxygen atoms in total. The van der Waals surface area contributed by atoms with E-state index < -0.39 is 28.5 Å². The van der Waals surface area contributed by atoms with Gasteiger partial charge in [0.2, 0.25) is 11.8 Å². The summed E-state index contributed by atoms with van der Waals surface area (Å²) in [6.07, 6.45) is 5.19. The van der Waals surface area contributed by atoms with E-state index in [4.69, 9.17) is 0 Å². The van der Waals surface area contributed by atoms with Crippen LogP contribution in [0.15, 0.2) is 89.8 Å². The Labute approximate surface area is 238 Å². The summed E-state index contributed by atoms with van der Waals surface area (Å²) in [5, 5.41) is 3.11. The summed E-state index contributed by atoms with van der Waals surface area (Å²) in [5.74, 6) is -0.629. The van der Waals surface area contributed by atoms with Crippen molar-refractivity contribution in [3.8, 4) is 0 Å². The molecule has 3 aromatic carbocycles. The minimum Gasteiger partial charge on any atom is -0.352 e. The van der Waals surface area contributed by atoms with E-state index >= 15 is 0 Å². The second-order valence-electron chi connectivity index (χ2n) is 10.3. The minimum absolute atomic E-state index is 0.108. The van der Waals surface area contributed by atoms with Gasteiger partial charge in [0, 0.05) is 12.6 Å². The van der Waals surface area contributed by atoms with Crippen molar-refractivity contribution in [2.45, 2.75) is 69.4 Å². The molecular weight excluding hydrogens is 522 g/mol. The predicted octanol–water partition coefficient (Wildman–Crippen LogP) is 4.96. The van der Waals surface area contributed by atoms with E-state index in [-0.39, 0.29) is 23.4 Å². The molecule has 1 unspecified atom stereocenters. The Morgan fingerprint density at radius 1 is 0.900 bits per heavy atom. The number of para-hydroxylation sites is 1. The zero-order chi connectivity index (χ0) is 28.5. The smallest absolute Gasteiger partial charge is 0.264 e. The maximum atomic E-state index is 14.0. The molecule has 212 valence electrons. The lowest BCUT2D eigenvalue weighted by atomic mass is 10.1. The zero-order valence-corrected chi connectivity index (χ0v) is 24.1. The van der Waals surface area contributed by atoms with Gasteiger partial charge in [-0.05, 0) is 61.9 Å². The molecule has 8 heteroatoms. The fourth-order valence-electron chi connectivity index (χ4n) is 5.25. The average molecular weight is 562 g/mol. The Bertz CT molecular complexity index is 1370. The van der Waals surface area contributed by atoms with Crippen molar-refractivity contribution in [3.63, 3.8) is 0 Å². The molecule has 2 amide bonds. The van der Waals surface area contributed by atoms with Crippen LogP contribution in [-0.4, -0.2) is 50.3 Å². The highest BCUT2D eigenvalue weighted by Gasteiger charge is 2.33. The van der Waals surface area contributed by atoms with Crippen molar-refractivity contribution in [1.29, 1.82) is 0 Å². The SMILES string of the molecule is CCc1ccccc1N(CC(=O)N(CCc1ccccc1)C(C)C(=O)NC1CCCC1)S(=O)(=O)c1ccccc1. The van der Waals surface area contributed by atoms with Gasteiger partial charge in [-0.1, -0.05) is 86.5 Å². The van der Waals surface area contributed by atoms with Gasteiger partial charge < -0.3 is 10.2 Å². The number of benzene rings is 3. The van der Waals surface area contributed by atoms with Gasteiger partial charge in [-0.15, -0.1) is 0 Å². The third-order valence-electron chi connectivity index (χ3n) is 7.60. The quantitative estimate of drug-likeness (QED) is 0.339. The Morgan fingerprint density at radius 2 is 1.50 bits per heavy atom. The molecule has 4 rings (SSSR count). The topological polar surface area (TPSA) is 86.8 Å². The van der Waals surface area contributed by atoms with E-state index in [9.17, 15) is 18.0 Å². The fraction of sp³-hybridized carbons (Fsp3) is 0.375. The lowest BCUT2D eigenvalue weighted by Gasteiger charge is -2.33. The van der Waals surface area contributed by atoms with Crippen LogP contribution in [0.3, 0.4) is 0 Å². The summed E-state index contributed by atoms with van der Waals surface area (Å²) >= 11 is 0. The Balaban J connectivity index is 1.66. The molecule has 0 radical (unpaired) electrons. The predicted molar refractivity (Wildman–Crippen MR) is 159 cm³/mol. The Kier molecular flexibility index (Phi) is 9.98. The number of carbonyl (C=O) groups excluding carboxylic acids is 2. The van der Waals surface area contributed by atoms with E-state index in [2.05, 4.69) is 5.32 Å². The third kappa shape index (κ3) is 7.10. The number of nitrogens with one attached hydrogen (secondary N) is 1. The minimum atomic E-state index is -4.06. The largest absolute Gasteiger partial charge is 0.352 e. The van der Waals surface area contributed by atoms with Crippen molar-refractivity contribution < 1.29 is 18.0 Å². The lowest BCUT2D eigenvalue weighted by Crippen LogP contribution is -2.53. The van der Waals surface area contributed by atoms with E-state index in [0.29, 0.717) is 18.5 Å². The molecule has 40 heavy (non-hydrogen) atoms. The lowest BCUT2D eigenvalue weighted by molar-refractivity contribution is -0.139. The van der Waals surface area contributed by atoms with E-state index in [1.807, 2.05) is 49.4 Å². The zero-order valence-electron chi connectivity index (χ0n) is 23.3. The van der Waals surface area contributed by atoms with E-state index in [1.54, 1.807) is 37.3 Å². The Morgan fingerprint density at radius 3 is 2.15 bits per heavy atom. The van der Waals surface area contributed by atoms with Crippen LogP contribution in [-0.2, 0) is 32.5 Å². The standard InChI is InChI=1S/C32H39N3O4S/c1-3-27-16-10-13-21-30(27)35(40(38,39)29-19-8-5-9-20-29)24-31(36)34(23-22-26-14-6-4-7-15-26)25(2)32(37)33-28-17-11-12-18-28/h4-10,13-16,19-21,25,28H,3,11-12,17-18,22-24H2,1-2H3,(H,33,37). The van der Waals surface area contributed by atoms with Gasteiger partial charge in [-0.3, -0.25) is 13.9 Å². The van der Waals surface area contributed by atoms with Crippen LogP contribution < -0.4 is 9.62 Å². The number of nitrogens with zero attached hydrogens (tertiary/aromatic N) is 2. The van der Waals surface area contributed by atoms with Crippen molar-refractivity contribution in [3.05, 3.63) is 96.1 Å². The van der Waals surface area contributed by atoms with Crippen LogP contribution in [0.1, 0.15) is 50.7 Å². The number of aryl methyl sites for hydroxylation is 1. The number of sulfonamides is 1. The van der Waals surface area contributed by atoms with Crippen LogP contribution >= 0.6 is 0 Å². The Hall–Kier alpha value is -3.65. The summed E-state index contributed by atoms with van der Waals surface area (Å²) in [7, 11) is -4.06. The molecule has 1 saturated carbocycles. The van der Waals surface area contributed by atoms with Gasteiger partial charge in [0.25, 0.3) is 10.0 Å². The highest BCUT2D eigenvalue weighted by molar-refractivity contribution is 7.92. The molecule has 3 aromatic rings. The first-order valence-electron chi connectivity index (χ1n) is 14.1. The molecule has 0 spiro atoms. The first-order valence-corrected chi connectivity index (χ1v) is 15.5. The van der Waals surface area contributed by atoms with Gasteiger partial charge in [0.15, 0.2) is 0 Å². The maximum Gasteiger partial charge on any atom is 0.264 e. The molecular formula is C32H39N3O4S. The van der Waals surface area contributed by atoms with Crippen LogP contribution in [0.4, 0.5) is 5.69 Å². The average Bonchev–Trinajstić information content (AvgIpc) is 3.50. The van der Waals surface area contributed by atoms with Gasteiger partial charge in [-0.2, -0.15) is 0 Å². The molecule has 1 atom stereocenters. The van der Waals surface area contributed by atoms with Crippen LogP contribution in [0.2, 0.25) is 0 Å². The highest BCUT2D eigenvalue weighted by Crippen LogP contribution is 2.28. The van der Waals surface area contributed by atoms with Crippen molar-refractivity contribution in [2.24, 2.45) is 0 Å². The molecule has 1 N–H and O–H groups in total. The number of amides is 2. The van der Waals surface area contributed by atoms with Crippen molar-refractivity contribution in [1.82, 2.24) is 10.2 Å². The molecule has 1 aliphatic rings. The van der Waals surface area contributed by atoms with Crippen molar-refractivity contribution in [2.75, 3.05) is 17.4 Å². The van der Waals surface area contributed by atoms with Gasteiger partial charge in [0.1, 0.15) is 12.6 Å². The first-order chi connectivity index (χ1) is 19.3. The number of anilines is 1. The molecule has 0 aliphatic heterocycles. The molecule has 1 aliphatic carbocycles. The van der Waals surface area contributed by atoms with E-state index in [1.165, 1.54) is 21.3 Å². The van der Waals surface area contributed by atoms with Crippen LogP contribution in [0, 0.1) is 0 Å². The van der Waals surface area contributed by atoms with Gasteiger partial charge in [0.05, 0.1) is 10.6 Å². The normalized spacial score (nSPS) is 14.4. The fourth-order valence-corrected chi connectivity index (χ4v) is 6.72. The monoisotopic (exact) mass is 561 g/mol. The number of rotatable bonds is 12. The highest BCUT2D eigenvalue weighted by atomic mass is 32.2. The first kappa shape index (κ1) is 29.3. The maximum absolute atomic E-state index is 14.0. The third-order valence-corrected chi connectivity index (χ3v) is 9.38. The summed E-state index contributed by atoms with van der Waals surface area (Å²) < 4.78 is 29.1. The number of carbonyl (C=O) groups is 2. The summed E-state index contributed by atoms with van der Waals surface area (Å²) in [5.41, 5.74) is 2.32. The second kappa shape index (κ2) is 13.6. The van der Waals surface area contributed by atoms with Crippen LogP contribution in [0.25, 0.3) is 0 Å². The summed E-state index contributed by atoms with van der Waals surface area (Å²) in [6.45, 7) is 3.56. The molecule has 1 fully saturated rings. The molecule has 0 saturated heterocycles.